The summed E-state index contributed by atoms with van der Waals surface area (Å²) in [4.78, 5) is 1.45. The van der Waals surface area contributed by atoms with Gasteiger partial charge < -0.3 is 0 Å². The topological polar surface area (TPSA) is 64.0 Å². The van der Waals surface area contributed by atoms with Crippen LogP contribution in [0.3, 0.4) is 0 Å². The molecule has 0 aliphatic heterocycles. The SMILES string of the molecule is Cc1nn(C(C)(C)C)c(C)c1S(=O)(=O)NCC(C)(C)c1cccs1. The lowest BCUT2D eigenvalue weighted by atomic mass is 9.92. The highest BCUT2D eigenvalue weighted by atomic mass is 32.2. The summed E-state index contributed by atoms with van der Waals surface area (Å²) in [5.74, 6) is 0. The highest BCUT2D eigenvalue weighted by molar-refractivity contribution is 7.89. The van der Waals surface area contributed by atoms with Gasteiger partial charge in [-0.25, -0.2) is 13.1 Å². The summed E-state index contributed by atoms with van der Waals surface area (Å²) in [6, 6.07) is 4.02. The highest BCUT2D eigenvalue weighted by Gasteiger charge is 2.30. The molecule has 0 atom stereocenters. The van der Waals surface area contributed by atoms with Crippen LogP contribution >= 0.6 is 11.3 Å². The van der Waals surface area contributed by atoms with Crippen molar-refractivity contribution in [3.05, 3.63) is 33.8 Å². The van der Waals surface area contributed by atoms with Crippen molar-refractivity contribution < 1.29 is 8.42 Å². The van der Waals surface area contributed by atoms with Crippen LogP contribution in [0.25, 0.3) is 0 Å². The Balaban J connectivity index is 2.31. The second-order valence-corrected chi connectivity index (χ2v) is 10.4. The predicted octanol–water partition coefficient (Wildman–Crippen LogP) is 3.57. The minimum Gasteiger partial charge on any atom is -0.263 e. The van der Waals surface area contributed by atoms with Crippen LogP contribution in [0.4, 0.5) is 0 Å². The minimum absolute atomic E-state index is 0.261. The molecule has 5 nitrogen and oxygen atoms in total. The van der Waals surface area contributed by atoms with Gasteiger partial charge >= 0.3 is 0 Å². The second-order valence-electron chi connectivity index (χ2n) is 7.77. The van der Waals surface area contributed by atoms with Gasteiger partial charge in [0.05, 0.1) is 16.9 Å². The van der Waals surface area contributed by atoms with E-state index in [1.54, 1.807) is 22.9 Å². The standard InChI is InChI=1S/C17H27N3O2S2/c1-12-15(13(2)20(19-12)16(3,4)5)24(21,22)18-11-17(6,7)14-9-8-10-23-14/h8-10,18H,11H2,1-7H3. The molecule has 0 amide bonds. The fraction of sp³-hybridized carbons (Fsp3) is 0.588. The number of aryl methyl sites for hydroxylation is 1. The summed E-state index contributed by atoms with van der Waals surface area (Å²) in [6.45, 7) is 14.0. The van der Waals surface area contributed by atoms with Crippen LogP contribution in [0.2, 0.25) is 0 Å². The first-order chi connectivity index (χ1) is 10.9. The van der Waals surface area contributed by atoms with E-state index in [0.29, 0.717) is 22.8 Å². The van der Waals surface area contributed by atoms with Crippen LogP contribution in [-0.2, 0) is 21.0 Å². The van der Waals surface area contributed by atoms with Crippen LogP contribution in [-0.4, -0.2) is 24.7 Å². The van der Waals surface area contributed by atoms with Crippen molar-refractivity contribution in [3.63, 3.8) is 0 Å². The van der Waals surface area contributed by atoms with E-state index in [1.807, 2.05) is 59.1 Å². The van der Waals surface area contributed by atoms with Gasteiger partial charge in [0.15, 0.2) is 0 Å². The van der Waals surface area contributed by atoms with Crippen LogP contribution < -0.4 is 4.72 Å². The Hall–Kier alpha value is -1.18. The third-order valence-corrected chi connectivity index (χ3v) is 6.91. The molecule has 0 fully saturated rings. The van der Waals surface area contributed by atoms with Crippen LogP contribution in [0, 0.1) is 13.8 Å². The summed E-state index contributed by atoms with van der Waals surface area (Å²) in [5, 5.41) is 6.45. The first-order valence-corrected chi connectivity index (χ1v) is 10.3. The van der Waals surface area contributed by atoms with Gasteiger partial charge in [-0.3, -0.25) is 4.68 Å². The van der Waals surface area contributed by atoms with Crippen molar-refractivity contribution in [2.24, 2.45) is 0 Å². The lowest BCUT2D eigenvalue weighted by Gasteiger charge is -2.24. The van der Waals surface area contributed by atoms with Crippen LogP contribution in [0.1, 0.15) is 50.9 Å². The van der Waals surface area contributed by atoms with E-state index in [-0.39, 0.29) is 11.0 Å². The fourth-order valence-electron chi connectivity index (χ4n) is 2.77. The van der Waals surface area contributed by atoms with Crippen molar-refractivity contribution in [2.75, 3.05) is 6.54 Å². The van der Waals surface area contributed by atoms with Crippen molar-refractivity contribution >= 4 is 21.4 Å². The van der Waals surface area contributed by atoms with Gasteiger partial charge in [-0.15, -0.1) is 11.3 Å². The normalized spacial score (nSPS) is 13.5. The van der Waals surface area contributed by atoms with E-state index in [2.05, 4.69) is 9.82 Å². The summed E-state index contributed by atoms with van der Waals surface area (Å²) in [5.41, 5.74) is 0.673. The van der Waals surface area contributed by atoms with Gasteiger partial charge in [-0.05, 0) is 46.1 Å². The van der Waals surface area contributed by atoms with Crippen LogP contribution in [0.15, 0.2) is 22.4 Å². The zero-order valence-electron chi connectivity index (χ0n) is 15.5. The van der Waals surface area contributed by atoms with E-state index < -0.39 is 10.0 Å². The van der Waals surface area contributed by atoms with E-state index in [0.717, 1.165) is 4.88 Å². The Kier molecular flexibility index (Phi) is 5.01. The number of nitrogens with zero attached hydrogens (tertiary/aromatic N) is 2. The Morgan fingerprint density at radius 2 is 1.83 bits per heavy atom. The summed E-state index contributed by atoms with van der Waals surface area (Å²) in [6.07, 6.45) is 0. The Morgan fingerprint density at radius 3 is 2.29 bits per heavy atom. The summed E-state index contributed by atoms with van der Waals surface area (Å²) >= 11 is 1.64. The molecule has 2 aromatic heterocycles. The molecule has 7 heteroatoms. The molecule has 0 aliphatic rings. The van der Waals surface area contributed by atoms with E-state index in [9.17, 15) is 8.42 Å². The first-order valence-electron chi connectivity index (χ1n) is 7.96. The predicted molar refractivity (Wildman–Crippen MR) is 99.2 cm³/mol. The molecule has 24 heavy (non-hydrogen) atoms. The van der Waals surface area contributed by atoms with Gasteiger partial charge in [0.2, 0.25) is 10.0 Å². The molecule has 1 N–H and O–H groups in total. The molecule has 134 valence electrons. The highest BCUT2D eigenvalue weighted by Crippen LogP contribution is 2.28. The number of rotatable bonds is 5. The molecular weight excluding hydrogens is 342 g/mol. The first kappa shape index (κ1) is 19.1. The lowest BCUT2D eigenvalue weighted by Crippen LogP contribution is -2.36. The third-order valence-electron chi connectivity index (χ3n) is 4.02. The third kappa shape index (κ3) is 3.73. The Labute approximate surface area is 149 Å². The Bertz CT molecular complexity index is 811. The van der Waals surface area contributed by atoms with Gasteiger partial charge in [-0.2, -0.15) is 5.10 Å². The Morgan fingerprint density at radius 1 is 1.21 bits per heavy atom. The van der Waals surface area contributed by atoms with E-state index >= 15 is 0 Å². The molecule has 0 bridgehead atoms. The molecule has 0 unspecified atom stereocenters. The molecule has 2 aromatic rings. The van der Waals surface area contributed by atoms with Gasteiger partial charge in [-0.1, -0.05) is 19.9 Å². The van der Waals surface area contributed by atoms with Crippen molar-refractivity contribution in [1.82, 2.24) is 14.5 Å². The van der Waals surface area contributed by atoms with Gasteiger partial charge in [0, 0.05) is 16.8 Å². The lowest BCUT2D eigenvalue weighted by molar-refractivity contribution is 0.345. The zero-order chi connectivity index (χ0) is 18.3. The van der Waals surface area contributed by atoms with Gasteiger partial charge in [0.25, 0.3) is 0 Å². The molecule has 0 radical (unpaired) electrons. The number of aromatic nitrogens is 2. The van der Waals surface area contributed by atoms with E-state index in [4.69, 9.17) is 0 Å². The maximum Gasteiger partial charge on any atom is 0.244 e. The molecule has 0 spiro atoms. The largest absolute Gasteiger partial charge is 0.263 e. The molecule has 2 rings (SSSR count). The molecule has 0 aliphatic carbocycles. The number of hydrogen-bond donors (Lipinski definition) is 1. The van der Waals surface area contributed by atoms with Crippen LogP contribution in [0.5, 0.6) is 0 Å². The smallest absolute Gasteiger partial charge is 0.244 e. The molecule has 0 saturated heterocycles. The van der Waals surface area contributed by atoms with Crippen molar-refractivity contribution in [1.29, 1.82) is 0 Å². The quantitative estimate of drug-likeness (QED) is 0.876. The molecule has 0 aromatic carbocycles. The second kappa shape index (κ2) is 6.28. The average Bonchev–Trinajstić information content (AvgIpc) is 3.04. The number of sulfonamides is 1. The maximum atomic E-state index is 12.9. The monoisotopic (exact) mass is 369 g/mol. The number of nitrogens with one attached hydrogen (secondary N) is 1. The van der Waals surface area contributed by atoms with Crippen molar-refractivity contribution in [3.8, 4) is 0 Å². The number of thiophene rings is 1. The van der Waals surface area contributed by atoms with E-state index in [1.165, 1.54) is 0 Å². The maximum absolute atomic E-state index is 12.9. The molecular formula is C17H27N3O2S2. The minimum atomic E-state index is -3.61. The average molecular weight is 370 g/mol. The molecule has 0 saturated carbocycles. The van der Waals surface area contributed by atoms with Gasteiger partial charge in [0.1, 0.15) is 4.90 Å². The molecule has 2 heterocycles. The van der Waals surface area contributed by atoms with Crippen molar-refractivity contribution in [2.45, 2.75) is 64.3 Å². The zero-order valence-corrected chi connectivity index (χ0v) is 17.1. The summed E-state index contributed by atoms with van der Waals surface area (Å²) < 4.78 is 30.3. The fourth-order valence-corrected chi connectivity index (χ4v) is 5.22. The number of hydrogen-bond acceptors (Lipinski definition) is 4. The summed E-state index contributed by atoms with van der Waals surface area (Å²) in [7, 11) is -3.61.